The number of amides is 1. The van der Waals surface area contributed by atoms with Gasteiger partial charge in [0.05, 0.1) is 12.0 Å². The Kier molecular flexibility index (Phi) is 4.63. The highest BCUT2D eigenvalue weighted by atomic mass is 16.5. The van der Waals surface area contributed by atoms with Crippen LogP contribution in [-0.4, -0.2) is 48.2 Å². The molecule has 1 aromatic carbocycles. The van der Waals surface area contributed by atoms with Gasteiger partial charge in [0, 0.05) is 32.0 Å². The summed E-state index contributed by atoms with van der Waals surface area (Å²) in [5.41, 5.74) is 1.54. The van der Waals surface area contributed by atoms with Gasteiger partial charge < -0.3 is 14.7 Å². The second-order valence-electron chi connectivity index (χ2n) is 7.22. The molecule has 5 heteroatoms. The van der Waals surface area contributed by atoms with Gasteiger partial charge in [-0.05, 0) is 30.4 Å². The van der Waals surface area contributed by atoms with Crippen LogP contribution in [0.15, 0.2) is 24.3 Å². The Morgan fingerprint density at radius 3 is 2.83 bits per heavy atom. The maximum atomic E-state index is 12.7. The summed E-state index contributed by atoms with van der Waals surface area (Å²) in [6.07, 6.45) is 0.901. The predicted octanol–water partition coefficient (Wildman–Crippen LogP) is 2.44. The van der Waals surface area contributed by atoms with Crippen LogP contribution in [0.2, 0.25) is 0 Å². The van der Waals surface area contributed by atoms with Crippen LogP contribution in [0.1, 0.15) is 36.8 Å². The zero-order valence-corrected chi connectivity index (χ0v) is 14.3. The summed E-state index contributed by atoms with van der Waals surface area (Å²) in [5.74, 6) is -0.723. The molecule has 0 aromatic heterocycles. The Balaban J connectivity index is 1.70. The number of rotatable bonds is 4. The van der Waals surface area contributed by atoms with Gasteiger partial charge >= 0.3 is 5.97 Å². The van der Waals surface area contributed by atoms with Crippen LogP contribution in [0.3, 0.4) is 0 Å². The lowest BCUT2D eigenvalue weighted by Gasteiger charge is -2.33. The van der Waals surface area contributed by atoms with Crippen molar-refractivity contribution in [2.75, 3.05) is 26.3 Å². The van der Waals surface area contributed by atoms with Gasteiger partial charge in [-0.15, -0.1) is 0 Å². The second kappa shape index (κ2) is 6.55. The number of likely N-dealkylation sites (tertiary alicyclic amines) is 1. The molecular formula is C19H25NO4. The van der Waals surface area contributed by atoms with Gasteiger partial charge in [0.2, 0.25) is 5.91 Å². The number of nitrogens with zero attached hydrogens (tertiary/aromatic N) is 1. The van der Waals surface area contributed by atoms with E-state index in [0.717, 1.165) is 0 Å². The summed E-state index contributed by atoms with van der Waals surface area (Å²) in [5, 5.41) is 9.70. The van der Waals surface area contributed by atoms with E-state index in [-0.39, 0.29) is 17.7 Å². The third-order valence-electron chi connectivity index (χ3n) is 5.69. The molecule has 1 N–H and O–H groups in total. The van der Waals surface area contributed by atoms with E-state index in [1.165, 1.54) is 11.1 Å². The molecule has 2 saturated heterocycles. The number of carboxylic acid groups (broad SMARTS) is 1. The average Bonchev–Trinajstić information content (AvgIpc) is 2.96. The van der Waals surface area contributed by atoms with Gasteiger partial charge in [0.25, 0.3) is 0 Å². The molecule has 2 heterocycles. The molecule has 130 valence electrons. The van der Waals surface area contributed by atoms with Crippen LogP contribution in [-0.2, 0) is 14.3 Å². The number of carbonyl (C=O) groups is 2. The van der Waals surface area contributed by atoms with E-state index in [2.05, 4.69) is 26.0 Å². The number of benzene rings is 1. The van der Waals surface area contributed by atoms with Crippen LogP contribution < -0.4 is 0 Å². The van der Waals surface area contributed by atoms with Crippen LogP contribution in [0, 0.1) is 18.3 Å². The van der Waals surface area contributed by atoms with Gasteiger partial charge in [-0.3, -0.25) is 9.59 Å². The lowest BCUT2D eigenvalue weighted by Crippen LogP contribution is -2.45. The van der Waals surface area contributed by atoms with E-state index in [9.17, 15) is 14.7 Å². The van der Waals surface area contributed by atoms with Gasteiger partial charge in [-0.1, -0.05) is 31.2 Å². The molecular weight excluding hydrogens is 306 g/mol. The Bertz CT molecular complexity index is 644. The standard InChI is InChI=1S/C19H25NO4/c1-13-5-3-4-6-16(13)14(2)9-17(21)20-10-15-11-24-8-7-19(15,12-20)18(22)23/h3-6,14-15H,7-12H2,1-2H3,(H,22,23)/t14?,15-,19+/m0/s1. The van der Waals surface area contributed by atoms with Crippen molar-refractivity contribution in [1.82, 2.24) is 4.90 Å². The summed E-state index contributed by atoms with van der Waals surface area (Å²) in [6, 6.07) is 8.10. The first-order valence-electron chi connectivity index (χ1n) is 8.58. The highest BCUT2D eigenvalue weighted by Gasteiger charge is 2.54. The minimum Gasteiger partial charge on any atom is -0.481 e. The molecule has 0 aliphatic carbocycles. The first-order valence-corrected chi connectivity index (χ1v) is 8.58. The van der Waals surface area contributed by atoms with Crippen LogP contribution in [0.25, 0.3) is 0 Å². The van der Waals surface area contributed by atoms with Crippen molar-refractivity contribution in [2.45, 2.75) is 32.6 Å². The monoisotopic (exact) mass is 331 g/mol. The normalized spacial score (nSPS) is 27.6. The highest BCUT2D eigenvalue weighted by molar-refractivity contribution is 5.81. The molecule has 0 spiro atoms. The van der Waals surface area contributed by atoms with Crippen molar-refractivity contribution in [2.24, 2.45) is 11.3 Å². The summed E-state index contributed by atoms with van der Waals surface area (Å²) >= 11 is 0. The number of fused-ring (bicyclic) bond motifs is 1. The molecule has 0 bridgehead atoms. The van der Waals surface area contributed by atoms with Gasteiger partial charge in [0.1, 0.15) is 0 Å². The Labute approximate surface area is 142 Å². The highest BCUT2D eigenvalue weighted by Crippen LogP contribution is 2.43. The van der Waals surface area contributed by atoms with Crippen LogP contribution in [0.5, 0.6) is 0 Å². The minimum absolute atomic E-state index is 0.0424. The average molecular weight is 331 g/mol. The summed E-state index contributed by atoms with van der Waals surface area (Å²) < 4.78 is 5.45. The molecule has 1 unspecified atom stereocenters. The molecule has 3 rings (SSSR count). The maximum absolute atomic E-state index is 12.7. The van der Waals surface area contributed by atoms with E-state index in [1.54, 1.807) is 4.90 Å². The van der Waals surface area contributed by atoms with Gasteiger partial charge in [0.15, 0.2) is 0 Å². The van der Waals surface area contributed by atoms with Crippen LogP contribution in [0.4, 0.5) is 0 Å². The lowest BCUT2D eigenvalue weighted by atomic mass is 9.74. The van der Waals surface area contributed by atoms with E-state index in [1.807, 2.05) is 12.1 Å². The molecule has 2 aliphatic rings. The number of carbonyl (C=O) groups excluding carboxylic acids is 1. The smallest absolute Gasteiger partial charge is 0.311 e. The van der Waals surface area contributed by atoms with Crippen molar-refractivity contribution in [3.05, 3.63) is 35.4 Å². The predicted molar refractivity (Wildman–Crippen MR) is 89.8 cm³/mol. The number of aryl methyl sites for hydroxylation is 1. The quantitative estimate of drug-likeness (QED) is 0.920. The fourth-order valence-corrected chi connectivity index (χ4v) is 4.13. The molecule has 24 heavy (non-hydrogen) atoms. The third-order valence-corrected chi connectivity index (χ3v) is 5.69. The number of aliphatic carboxylic acids is 1. The Morgan fingerprint density at radius 1 is 1.42 bits per heavy atom. The molecule has 0 saturated carbocycles. The second-order valence-corrected chi connectivity index (χ2v) is 7.22. The van der Waals surface area contributed by atoms with Gasteiger partial charge in [-0.2, -0.15) is 0 Å². The Hall–Kier alpha value is -1.88. The number of hydrogen-bond acceptors (Lipinski definition) is 3. The zero-order chi connectivity index (χ0) is 17.3. The van der Waals surface area contributed by atoms with Crippen molar-refractivity contribution < 1.29 is 19.4 Å². The first-order chi connectivity index (χ1) is 11.4. The number of hydrogen-bond donors (Lipinski definition) is 1. The molecule has 1 amide bonds. The van der Waals surface area contributed by atoms with Crippen molar-refractivity contribution in [3.8, 4) is 0 Å². The van der Waals surface area contributed by atoms with Crippen molar-refractivity contribution >= 4 is 11.9 Å². The Morgan fingerprint density at radius 2 is 2.17 bits per heavy atom. The molecule has 2 aliphatic heterocycles. The number of ether oxygens (including phenoxy) is 1. The molecule has 3 atom stereocenters. The lowest BCUT2D eigenvalue weighted by molar-refractivity contribution is -0.157. The molecule has 0 radical (unpaired) electrons. The fourth-order valence-electron chi connectivity index (χ4n) is 4.13. The SMILES string of the molecule is Cc1ccccc1C(C)CC(=O)N1C[C@H]2COCC[C@@]2(C(=O)O)C1. The topological polar surface area (TPSA) is 66.8 Å². The maximum Gasteiger partial charge on any atom is 0.311 e. The molecule has 1 aromatic rings. The first kappa shape index (κ1) is 17.0. The van der Waals surface area contributed by atoms with E-state index in [4.69, 9.17) is 4.74 Å². The van der Waals surface area contributed by atoms with E-state index >= 15 is 0 Å². The summed E-state index contributed by atoms with van der Waals surface area (Å²) in [7, 11) is 0. The van der Waals surface area contributed by atoms with E-state index in [0.29, 0.717) is 39.1 Å². The van der Waals surface area contributed by atoms with Crippen molar-refractivity contribution in [1.29, 1.82) is 0 Å². The van der Waals surface area contributed by atoms with Crippen LogP contribution >= 0.6 is 0 Å². The largest absolute Gasteiger partial charge is 0.481 e. The molecule has 5 nitrogen and oxygen atoms in total. The zero-order valence-electron chi connectivity index (χ0n) is 14.3. The number of carboxylic acids is 1. The fraction of sp³-hybridized carbons (Fsp3) is 0.579. The van der Waals surface area contributed by atoms with E-state index < -0.39 is 11.4 Å². The van der Waals surface area contributed by atoms with Crippen molar-refractivity contribution in [3.63, 3.8) is 0 Å². The van der Waals surface area contributed by atoms with Gasteiger partial charge in [-0.25, -0.2) is 0 Å². The third kappa shape index (κ3) is 2.93. The summed E-state index contributed by atoms with van der Waals surface area (Å²) in [4.78, 5) is 26.3. The molecule has 2 fully saturated rings. The summed E-state index contributed by atoms with van der Waals surface area (Å²) in [6.45, 7) is 5.81. The minimum atomic E-state index is -0.820.